The van der Waals surface area contributed by atoms with E-state index in [4.69, 9.17) is 0 Å². The van der Waals surface area contributed by atoms with Gasteiger partial charge in [0.05, 0.1) is 31.7 Å². The minimum absolute atomic E-state index is 0.190. The number of nitrogens with one attached hydrogen (secondary N) is 2. The molecule has 0 unspecified atom stereocenters. The Balaban J connectivity index is 1.96. The van der Waals surface area contributed by atoms with Crippen molar-refractivity contribution < 1.29 is 10.0 Å². The molecular weight excluding hydrogens is 300 g/mol. The first-order valence-corrected chi connectivity index (χ1v) is 8.23. The number of quaternary nitrogens is 1. The lowest BCUT2D eigenvalue weighted by Crippen LogP contribution is -3.05. The molecule has 0 aliphatic heterocycles. The average molecular weight is 323 g/mol. The van der Waals surface area contributed by atoms with E-state index in [0.717, 1.165) is 36.2 Å². The van der Waals surface area contributed by atoms with E-state index in [0.29, 0.717) is 11.4 Å². The Morgan fingerprint density at radius 1 is 1.00 bits per heavy atom. The van der Waals surface area contributed by atoms with Crippen LogP contribution in [-0.2, 0) is 0 Å². The molecule has 5 heteroatoms. The highest BCUT2D eigenvalue weighted by atomic mass is 16.3. The first kappa shape index (κ1) is 16.2. The monoisotopic (exact) mass is 323 g/mol. The van der Waals surface area contributed by atoms with Crippen molar-refractivity contribution in [2.45, 2.75) is 6.42 Å². The topological polar surface area (TPSA) is 62.5 Å². The van der Waals surface area contributed by atoms with Crippen LogP contribution >= 0.6 is 0 Å². The maximum absolute atomic E-state index is 10.1. The quantitative estimate of drug-likeness (QED) is 0.607. The molecule has 124 valence electrons. The zero-order valence-electron chi connectivity index (χ0n) is 14.1. The van der Waals surface area contributed by atoms with Crippen molar-refractivity contribution in [1.29, 1.82) is 0 Å². The molecule has 1 aromatic heterocycles. The van der Waals surface area contributed by atoms with Crippen LogP contribution in [-0.4, -0.2) is 42.3 Å². The number of anilines is 1. The second kappa shape index (κ2) is 7.27. The molecule has 1 heterocycles. The molecule has 0 radical (unpaired) electrons. The number of nitrogens with zero attached hydrogens (tertiary/aromatic N) is 2. The van der Waals surface area contributed by atoms with Gasteiger partial charge in [-0.15, -0.1) is 0 Å². The molecule has 0 aliphatic rings. The lowest BCUT2D eigenvalue weighted by atomic mass is 10.1. The number of aromatic hydroxyl groups is 1. The highest BCUT2D eigenvalue weighted by molar-refractivity contribution is 5.90. The van der Waals surface area contributed by atoms with Crippen LogP contribution in [0.3, 0.4) is 0 Å². The summed E-state index contributed by atoms with van der Waals surface area (Å²) in [7, 11) is 4.30. The van der Waals surface area contributed by atoms with Gasteiger partial charge in [0.1, 0.15) is 11.6 Å². The molecular formula is C19H23N4O+. The summed E-state index contributed by atoms with van der Waals surface area (Å²) >= 11 is 0. The van der Waals surface area contributed by atoms with Gasteiger partial charge in [-0.3, -0.25) is 0 Å². The van der Waals surface area contributed by atoms with Gasteiger partial charge in [0, 0.05) is 18.4 Å². The standard InChI is InChI=1S/C19H22N4O/c1-23(2)13-7-12-20-18-14-8-3-5-10-16(14)21-19(22-18)15-9-4-6-11-17(15)24/h3-6,8-11,24H,7,12-13H2,1-2H3,(H,20,21,22)/p+1. The molecule has 0 amide bonds. The Hall–Kier alpha value is -2.66. The van der Waals surface area contributed by atoms with Gasteiger partial charge in [-0.05, 0) is 24.3 Å². The van der Waals surface area contributed by atoms with Gasteiger partial charge in [-0.2, -0.15) is 0 Å². The summed E-state index contributed by atoms with van der Waals surface area (Å²) in [4.78, 5) is 10.7. The molecule has 3 rings (SSSR count). The zero-order valence-corrected chi connectivity index (χ0v) is 14.1. The summed E-state index contributed by atoms with van der Waals surface area (Å²) in [6, 6.07) is 15.1. The van der Waals surface area contributed by atoms with Crippen molar-refractivity contribution in [3.63, 3.8) is 0 Å². The minimum atomic E-state index is 0.190. The fraction of sp³-hybridized carbons (Fsp3) is 0.263. The van der Waals surface area contributed by atoms with Crippen molar-refractivity contribution in [2.75, 3.05) is 32.5 Å². The number of hydrogen-bond acceptors (Lipinski definition) is 4. The van der Waals surface area contributed by atoms with Crippen LogP contribution in [0, 0.1) is 0 Å². The highest BCUT2D eigenvalue weighted by Gasteiger charge is 2.11. The third kappa shape index (κ3) is 3.63. The van der Waals surface area contributed by atoms with E-state index >= 15 is 0 Å². The molecule has 0 saturated heterocycles. The summed E-state index contributed by atoms with van der Waals surface area (Å²) in [5.74, 6) is 1.54. The number of fused-ring (bicyclic) bond motifs is 1. The molecule has 24 heavy (non-hydrogen) atoms. The van der Waals surface area contributed by atoms with E-state index < -0.39 is 0 Å². The lowest BCUT2D eigenvalue weighted by molar-refractivity contribution is -0.858. The molecule has 0 fully saturated rings. The Morgan fingerprint density at radius 2 is 1.75 bits per heavy atom. The first-order valence-electron chi connectivity index (χ1n) is 8.23. The van der Waals surface area contributed by atoms with Gasteiger partial charge in [0.2, 0.25) is 0 Å². The summed E-state index contributed by atoms with van der Waals surface area (Å²) in [5.41, 5.74) is 1.51. The lowest BCUT2D eigenvalue weighted by Gasteiger charge is -2.12. The SMILES string of the molecule is C[NH+](C)CCCNc1nc(-c2ccccc2O)nc2ccccc12. The van der Waals surface area contributed by atoms with Crippen molar-refractivity contribution in [2.24, 2.45) is 0 Å². The molecule has 3 aromatic rings. The van der Waals surface area contributed by atoms with Crippen LogP contribution in [0.4, 0.5) is 5.82 Å². The molecule has 3 N–H and O–H groups in total. The van der Waals surface area contributed by atoms with Crippen molar-refractivity contribution in [3.05, 3.63) is 48.5 Å². The van der Waals surface area contributed by atoms with Crippen molar-refractivity contribution in [3.8, 4) is 17.1 Å². The van der Waals surface area contributed by atoms with Gasteiger partial charge < -0.3 is 15.3 Å². The first-order chi connectivity index (χ1) is 11.6. The van der Waals surface area contributed by atoms with E-state index in [-0.39, 0.29) is 5.75 Å². The Kier molecular flexibility index (Phi) is 4.91. The van der Waals surface area contributed by atoms with E-state index in [9.17, 15) is 5.11 Å². The Labute approximate surface area is 142 Å². The van der Waals surface area contributed by atoms with E-state index in [1.807, 2.05) is 36.4 Å². The molecule has 5 nitrogen and oxygen atoms in total. The number of hydrogen-bond donors (Lipinski definition) is 3. The third-order valence-corrected chi connectivity index (χ3v) is 3.89. The molecule has 0 saturated carbocycles. The fourth-order valence-electron chi connectivity index (χ4n) is 2.64. The van der Waals surface area contributed by atoms with Crippen LogP contribution in [0.1, 0.15) is 6.42 Å². The van der Waals surface area contributed by atoms with Gasteiger partial charge in [-0.25, -0.2) is 9.97 Å². The van der Waals surface area contributed by atoms with Gasteiger partial charge in [-0.1, -0.05) is 24.3 Å². The summed E-state index contributed by atoms with van der Waals surface area (Å²) in [6.45, 7) is 1.95. The van der Waals surface area contributed by atoms with Crippen molar-refractivity contribution >= 4 is 16.7 Å². The summed E-state index contributed by atoms with van der Waals surface area (Å²) < 4.78 is 0. The molecule has 0 aliphatic carbocycles. The smallest absolute Gasteiger partial charge is 0.165 e. The third-order valence-electron chi connectivity index (χ3n) is 3.89. The van der Waals surface area contributed by atoms with Crippen LogP contribution in [0.2, 0.25) is 0 Å². The Morgan fingerprint density at radius 3 is 2.54 bits per heavy atom. The van der Waals surface area contributed by atoms with E-state index in [1.165, 1.54) is 4.90 Å². The predicted octanol–water partition coefficient (Wildman–Crippen LogP) is 1.95. The molecule has 0 bridgehead atoms. The average Bonchev–Trinajstić information content (AvgIpc) is 2.58. The second-order valence-corrected chi connectivity index (χ2v) is 6.17. The molecule has 0 spiro atoms. The number of aromatic nitrogens is 2. The molecule has 2 aromatic carbocycles. The van der Waals surface area contributed by atoms with Gasteiger partial charge >= 0.3 is 0 Å². The van der Waals surface area contributed by atoms with Crippen LogP contribution in [0.5, 0.6) is 5.75 Å². The van der Waals surface area contributed by atoms with Crippen LogP contribution in [0.15, 0.2) is 48.5 Å². The number of benzene rings is 2. The predicted molar refractivity (Wildman–Crippen MR) is 97.4 cm³/mol. The fourth-order valence-corrected chi connectivity index (χ4v) is 2.64. The van der Waals surface area contributed by atoms with Gasteiger partial charge in [0.25, 0.3) is 0 Å². The Bertz CT molecular complexity index is 832. The number of phenols is 1. The van der Waals surface area contributed by atoms with Crippen LogP contribution in [0.25, 0.3) is 22.3 Å². The minimum Gasteiger partial charge on any atom is -0.507 e. The van der Waals surface area contributed by atoms with Crippen LogP contribution < -0.4 is 10.2 Å². The second-order valence-electron chi connectivity index (χ2n) is 6.17. The maximum atomic E-state index is 10.1. The largest absolute Gasteiger partial charge is 0.507 e. The van der Waals surface area contributed by atoms with E-state index in [1.54, 1.807) is 12.1 Å². The van der Waals surface area contributed by atoms with Crippen molar-refractivity contribution in [1.82, 2.24) is 9.97 Å². The number of para-hydroxylation sites is 2. The number of phenolic OH excluding ortho intramolecular Hbond substituents is 1. The summed E-state index contributed by atoms with van der Waals surface area (Å²) in [5, 5.41) is 14.5. The van der Waals surface area contributed by atoms with Gasteiger partial charge in [0.15, 0.2) is 5.82 Å². The number of rotatable bonds is 6. The zero-order chi connectivity index (χ0) is 16.9. The molecule has 0 atom stereocenters. The summed E-state index contributed by atoms with van der Waals surface area (Å²) in [6.07, 6.45) is 1.06. The van der Waals surface area contributed by atoms with E-state index in [2.05, 4.69) is 29.4 Å². The highest BCUT2D eigenvalue weighted by Crippen LogP contribution is 2.29. The normalized spacial score (nSPS) is 11.1. The maximum Gasteiger partial charge on any atom is 0.165 e.